The van der Waals surface area contributed by atoms with Gasteiger partial charge in [0.05, 0.1) is 0 Å². The average Bonchev–Trinajstić information content (AvgIpc) is 2.25. The van der Waals surface area contributed by atoms with Crippen molar-refractivity contribution in [2.75, 3.05) is 13.1 Å². The lowest BCUT2D eigenvalue weighted by atomic mass is 10.1. The van der Waals surface area contributed by atoms with Gasteiger partial charge in [0.1, 0.15) is 0 Å². The molecule has 0 amide bonds. The average molecular weight is 220 g/mol. The lowest BCUT2D eigenvalue weighted by Crippen LogP contribution is -2.29. The molecular weight excluding hydrogens is 196 g/mol. The number of benzene rings is 1. The van der Waals surface area contributed by atoms with Crippen molar-refractivity contribution in [1.29, 1.82) is 0 Å². The monoisotopic (exact) mass is 220 g/mol. The molecule has 0 radical (unpaired) electrons. The van der Waals surface area contributed by atoms with Crippen LogP contribution in [0.15, 0.2) is 24.3 Å². The fraction of sp³-hybridized carbons (Fsp3) is 0.571. The predicted molar refractivity (Wildman–Crippen MR) is 70.6 cm³/mol. The van der Waals surface area contributed by atoms with Crippen LogP contribution in [0.4, 0.5) is 0 Å². The molecule has 1 rings (SSSR count). The first-order chi connectivity index (χ1) is 7.72. The van der Waals surface area contributed by atoms with Crippen molar-refractivity contribution in [3.8, 4) is 0 Å². The molecule has 90 valence electrons. The van der Waals surface area contributed by atoms with Gasteiger partial charge in [-0.15, -0.1) is 0 Å². The highest BCUT2D eigenvalue weighted by Gasteiger charge is 1.99. The van der Waals surface area contributed by atoms with Gasteiger partial charge in [-0.2, -0.15) is 0 Å². The van der Waals surface area contributed by atoms with E-state index < -0.39 is 0 Å². The molecule has 2 heteroatoms. The van der Waals surface area contributed by atoms with Crippen LogP contribution in [0.1, 0.15) is 30.9 Å². The molecule has 1 atom stereocenters. The molecule has 0 bridgehead atoms. The molecule has 0 saturated carbocycles. The number of hydrogen-bond donors (Lipinski definition) is 2. The molecule has 0 saturated heterocycles. The van der Waals surface area contributed by atoms with E-state index in [1.165, 1.54) is 17.5 Å². The third-order valence-electron chi connectivity index (χ3n) is 2.82. The van der Waals surface area contributed by atoms with Crippen molar-refractivity contribution in [1.82, 2.24) is 5.32 Å². The molecule has 16 heavy (non-hydrogen) atoms. The van der Waals surface area contributed by atoms with Crippen LogP contribution in [0.3, 0.4) is 0 Å². The predicted octanol–water partition coefficient (Wildman–Crippen LogP) is 2.25. The van der Waals surface area contributed by atoms with E-state index in [1.54, 1.807) is 0 Å². The van der Waals surface area contributed by atoms with Gasteiger partial charge in [0.2, 0.25) is 0 Å². The Labute approximate surface area is 99.2 Å². The standard InChI is InChI=1S/C14H24N2/c1-12-5-3-6-14(11-12)7-4-10-16-13(2)8-9-15/h3,5-6,11,13,16H,4,7-10,15H2,1-2H3. The summed E-state index contributed by atoms with van der Waals surface area (Å²) in [4.78, 5) is 0. The molecule has 0 heterocycles. The van der Waals surface area contributed by atoms with E-state index in [-0.39, 0.29) is 0 Å². The molecule has 1 aromatic carbocycles. The minimum atomic E-state index is 0.544. The molecule has 0 spiro atoms. The molecule has 0 aromatic heterocycles. The number of nitrogens with one attached hydrogen (secondary N) is 1. The summed E-state index contributed by atoms with van der Waals surface area (Å²) >= 11 is 0. The first-order valence-electron chi connectivity index (χ1n) is 6.21. The van der Waals surface area contributed by atoms with Crippen molar-refractivity contribution in [2.24, 2.45) is 5.73 Å². The summed E-state index contributed by atoms with van der Waals surface area (Å²) in [7, 11) is 0. The van der Waals surface area contributed by atoms with Crippen molar-refractivity contribution < 1.29 is 0 Å². The minimum Gasteiger partial charge on any atom is -0.330 e. The smallest absolute Gasteiger partial charge is 0.00507 e. The van der Waals surface area contributed by atoms with Gasteiger partial charge >= 0.3 is 0 Å². The van der Waals surface area contributed by atoms with Gasteiger partial charge in [0.25, 0.3) is 0 Å². The molecule has 2 nitrogen and oxygen atoms in total. The Morgan fingerprint density at radius 2 is 2.19 bits per heavy atom. The Bertz CT molecular complexity index is 297. The van der Waals surface area contributed by atoms with E-state index in [9.17, 15) is 0 Å². The van der Waals surface area contributed by atoms with Gasteiger partial charge in [-0.3, -0.25) is 0 Å². The zero-order valence-corrected chi connectivity index (χ0v) is 10.5. The number of nitrogens with two attached hydrogens (primary N) is 1. The SMILES string of the molecule is Cc1cccc(CCCNC(C)CCN)c1. The van der Waals surface area contributed by atoms with Crippen LogP contribution in [0.25, 0.3) is 0 Å². The largest absolute Gasteiger partial charge is 0.330 e. The molecule has 0 aliphatic carbocycles. The zero-order valence-electron chi connectivity index (χ0n) is 10.5. The highest BCUT2D eigenvalue weighted by molar-refractivity contribution is 5.22. The summed E-state index contributed by atoms with van der Waals surface area (Å²) in [5.41, 5.74) is 8.29. The Hall–Kier alpha value is -0.860. The van der Waals surface area contributed by atoms with Gasteiger partial charge in [-0.05, 0) is 51.8 Å². The summed E-state index contributed by atoms with van der Waals surface area (Å²) < 4.78 is 0. The maximum atomic E-state index is 5.50. The van der Waals surface area contributed by atoms with Crippen molar-refractivity contribution in [3.63, 3.8) is 0 Å². The summed E-state index contributed by atoms with van der Waals surface area (Å²) in [6, 6.07) is 9.29. The Balaban J connectivity index is 2.16. The summed E-state index contributed by atoms with van der Waals surface area (Å²) in [5, 5.41) is 3.49. The highest BCUT2D eigenvalue weighted by atomic mass is 14.9. The van der Waals surface area contributed by atoms with E-state index >= 15 is 0 Å². The number of aryl methyl sites for hydroxylation is 2. The van der Waals surface area contributed by atoms with Crippen LogP contribution >= 0.6 is 0 Å². The Kier molecular flexibility index (Phi) is 6.12. The topological polar surface area (TPSA) is 38.0 Å². The van der Waals surface area contributed by atoms with Crippen molar-refractivity contribution in [3.05, 3.63) is 35.4 Å². The van der Waals surface area contributed by atoms with E-state index in [4.69, 9.17) is 5.73 Å². The Morgan fingerprint density at radius 3 is 2.88 bits per heavy atom. The second-order valence-corrected chi connectivity index (χ2v) is 4.53. The summed E-state index contributed by atoms with van der Waals surface area (Å²) in [6.07, 6.45) is 3.41. The molecular formula is C14H24N2. The van der Waals surface area contributed by atoms with E-state index in [0.717, 1.165) is 25.9 Å². The second-order valence-electron chi connectivity index (χ2n) is 4.53. The Morgan fingerprint density at radius 1 is 1.38 bits per heavy atom. The zero-order chi connectivity index (χ0) is 11.8. The normalized spacial score (nSPS) is 12.7. The summed E-state index contributed by atoms with van der Waals surface area (Å²) in [6.45, 7) is 6.19. The van der Waals surface area contributed by atoms with E-state index in [2.05, 4.69) is 43.4 Å². The van der Waals surface area contributed by atoms with Crippen LogP contribution in [0, 0.1) is 6.92 Å². The van der Waals surface area contributed by atoms with Gasteiger partial charge < -0.3 is 11.1 Å². The molecule has 0 fully saturated rings. The van der Waals surface area contributed by atoms with Crippen LogP contribution in [0.5, 0.6) is 0 Å². The molecule has 1 aromatic rings. The fourth-order valence-corrected chi connectivity index (χ4v) is 1.86. The van der Waals surface area contributed by atoms with Crippen LogP contribution in [0.2, 0.25) is 0 Å². The molecule has 0 aliphatic heterocycles. The van der Waals surface area contributed by atoms with Crippen molar-refractivity contribution in [2.45, 2.75) is 39.2 Å². The van der Waals surface area contributed by atoms with E-state index in [1.807, 2.05) is 0 Å². The third kappa shape index (κ3) is 5.29. The molecule has 0 aliphatic rings. The lowest BCUT2D eigenvalue weighted by molar-refractivity contribution is 0.512. The lowest BCUT2D eigenvalue weighted by Gasteiger charge is -2.12. The first kappa shape index (κ1) is 13.2. The van der Waals surface area contributed by atoms with Crippen LogP contribution in [-0.2, 0) is 6.42 Å². The maximum absolute atomic E-state index is 5.50. The van der Waals surface area contributed by atoms with Gasteiger partial charge in [0.15, 0.2) is 0 Å². The summed E-state index contributed by atoms with van der Waals surface area (Å²) in [5.74, 6) is 0. The first-order valence-corrected chi connectivity index (χ1v) is 6.21. The molecule has 3 N–H and O–H groups in total. The second kappa shape index (κ2) is 7.42. The molecule has 1 unspecified atom stereocenters. The van der Waals surface area contributed by atoms with Crippen LogP contribution < -0.4 is 11.1 Å². The number of hydrogen-bond acceptors (Lipinski definition) is 2. The van der Waals surface area contributed by atoms with E-state index in [0.29, 0.717) is 6.04 Å². The quantitative estimate of drug-likeness (QED) is 0.692. The van der Waals surface area contributed by atoms with Crippen molar-refractivity contribution >= 4 is 0 Å². The fourth-order valence-electron chi connectivity index (χ4n) is 1.86. The minimum absolute atomic E-state index is 0.544. The third-order valence-corrected chi connectivity index (χ3v) is 2.82. The maximum Gasteiger partial charge on any atom is 0.00507 e. The highest BCUT2D eigenvalue weighted by Crippen LogP contribution is 2.06. The van der Waals surface area contributed by atoms with Crippen LogP contribution in [-0.4, -0.2) is 19.1 Å². The van der Waals surface area contributed by atoms with Gasteiger partial charge in [0, 0.05) is 6.04 Å². The number of rotatable bonds is 7. The van der Waals surface area contributed by atoms with Gasteiger partial charge in [-0.25, -0.2) is 0 Å². The van der Waals surface area contributed by atoms with Gasteiger partial charge in [-0.1, -0.05) is 29.8 Å².